The van der Waals surface area contributed by atoms with Crippen molar-refractivity contribution in [1.29, 1.82) is 0 Å². The first-order valence-electron chi connectivity index (χ1n) is 5.77. The fraction of sp³-hybridized carbons (Fsp3) is 0.308. The fourth-order valence-corrected chi connectivity index (χ4v) is 1.77. The maximum atomic E-state index is 11.0. The van der Waals surface area contributed by atoms with Crippen molar-refractivity contribution in [2.45, 2.75) is 26.7 Å². The predicted octanol–water partition coefficient (Wildman–Crippen LogP) is 2.40. The topological polar surface area (TPSA) is 68.0 Å². The van der Waals surface area contributed by atoms with Gasteiger partial charge in [0.05, 0.1) is 5.69 Å². The summed E-state index contributed by atoms with van der Waals surface area (Å²) in [7, 11) is 0. The van der Waals surface area contributed by atoms with Crippen LogP contribution < -0.4 is 0 Å². The Bertz CT molecular complexity index is 588. The Labute approximate surface area is 105 Å². The lowest BCUT2D eigenvalue weighted by molar-refractivity contribution is 0.0683. The van der Waals surface area contributed by atoms with Gasteiger partial charge in [-0.3, -0.25) is 0 Å². The molecule has 1 heterocycles. The third-order valence-electron chi connectivity index (χ3n) is 2.68. The highest BCUT2D eigenvalue weighted by molar-refractivity contribution is 5.83. The molecule has 5 heteroatoms. The Morgan fingerprint density at radius 2 is 2.00 bits per heavy atom. The van der Waals surface area contributed by atoms with Crippen molar-refractivity contribution in [3.05, 3.63) is 41.5 Å². The summed E-state index contributed by atoms with van der Waals surface area (Å²) in [5.74, 6) is -0.516. The summed E-state index contributed by atoms with van der Waals surface area (Å²) in [5, 5.41) is 13.1. The van der Waals surface area contributed by atoms with Crippen LogP contribution in [0.5, 0.6) is 0 Å². The van der Waals surface area contributed by atoms with Gasteiger partial charge in [0.25, 0.3) is 5.82 Å². The first kappa shape index (κ1) is 12.3. The Morgan fingerprint density at radius 1 is 1.33 bits per heavy atom. The minimum Gasteiger partial charge on any atom is -0.475 e. The van der Waals surface area contributed by atoms with Gasteiger partial charge in [0.15, 0.2) is 0 Å². The van der Waals surface area contributed by atoms with E-state index in [1.807, 2.05) is 45.0 Å². The molecule has 0 saturated heterocycles. The van der Waals surface area contributed by atoms with Gasteiger partial charge in [0.1, 0.15) is 5.82 Å². The third kappa shape index (κ3) is 2.11. The molecule has 0 saturated carbocycles. The average molecular weight is 245 g/mol. The second-order valence-electron chi connectivity index (χ2n) is 4.45. The molecular weight excluding hydrogens is 230 g/mol. The Kier molecular flexibility index (Phi) is 3.14. The summed E-state index contributed by atoms with van der Waals surface area (Å²) in [6, 6.07) is 7.70. The van der Waals surface area contributed by atoms with Gasteiger partial charge in [-0.1, -0.05) is 32.0 Å². The van der Waals surface area contributed by atoms with E-state index >= 15 is 0 Å². The van der Waals surface area contributed by atoms with Crippen molar-refractivity contribution in [2.24, 2.45) is 0 Å². The number of aromatic carboxylic acids is 1. The molecule has 2 aromatic rings. The number of carboxylic acids is 1. The van der Waals surface area contributed by atoms with Gasteiger partial charge >= 0.3 is 5.97 Å². The van der Waals surface area contributed by atoms with Crippen LogP contribution in [0, 0.1) is 6.92 Å². The van der Waals surface area contributed by atoms with E-state index in [1.54, 1.807) is 4.68 Å². The molecule has 0 aliphatic carbocycles. The molecule has 18 heavy (non-hydrogen) atoms. The van der Waals surface area contributed by atoms with E-state index in [0.717, 1.165) is 11.3 Å². The molecule has 94 valence electrons. The summed E-state index contributed by atoms with van der Waals surface area (Å²) in [5.41, 5.74) is 1.89. The lowest BCUT2D eigenvalue weighted by Crippen LogP contribution is -2.06. The molecule has 5 nitrogen and oxygen atoms in total. The van der Waals surface area contributed by atoms with Crippen LogP contribution in [0.15, 0.2) is 24.3 Å². The highest BCUT2D eigenvalue weighted by Gasteiger charge is 2.19. The summed E-state index contributed by atoms with van der Waals surface area (Å²) in [4.78, 5) is 15.0. The molecule has 0 radical (unpaired) electrons. The summed E-state index contributed by atoms with van der Waals surface area (Å²) < 4.78 is 1.61. The Hall–Kier alpha value is -2.17. The number of para-hydroxylation sites is 1. The molecule has 1 aromatic heterocycles. The summed E-state index contributed by atoms with van der Waals surface area (Å²) in [6.07, 6.45) is 0. The largest absolute Gasteiger partial charge is 0.475 e. The fourth-order valence-electron chi connectivity index (χ4n) is 1.77. The molecule has 0 unspecified atom stereocenters. The zero-order valence-electron chi connectivity index (χ0n) is 10.6. The quantitative estimate of drug-likeness (QED) is 0.901. The molecule has 1 N–H and O–H groups in total. The van der Waals surface area contributed by atoms with Gasteiger partial charge in [0.2, 0.25) is 0 Å². The smallest absolute Gasteiger partial charge is 0.375 e. The van der Waals surface area contributed by atoms with Gasteiger partial charge < -0.3 is 5.11 Å². The van der Waals surface area contributed by atoms with Crippen LogP contribution in [0.3, 0.4) is 0 Å². The second kappa shape index (κ2) is 4.60. The van der Waals surface area contributed by atoms with Crippen molar-refractivity contribution < 1.29 is 9.90 Å². The van der Waals surface area contributed by atoms with E-state index < -0.39 is 5.97 Å². The first-order chi connectivity index (χ1) is 8.50. The van der Waals surface area contributed by atoms with Crippen molar-refractivity contribution in [2.75, 3.05) is 0 Å². The molecule has 1 aromatic carbocycles. The number of carbonyl (C=O) groups is 1. The van der Waals surface area contributed by atoms with Crippen molar-refractivity contribution in [3.63, 3.8) is 0 Å². The maximum absolute atomic E-state index is 11.0. The highest BCUT2D eigenvalue weighted by atomic mass is 16.4. The number of nitrogens with zero attached hydrogens (tertiary/aromatic N) is 3. The minimum atomic E-state index is -1.11. The molecule has 0 aliphatic heterocycles. The maximum Gasteiger partial charge on any atom is 0.375 e. The normalized spacial score (nSPS) is 10.9. The van der Waals surface area contributed by atoms with E-state index in [2.05, 4.69) is 10.1 Å². The van der Waals surface area contributed by atoms with Crippen LogP contribution >= 0.6 is 0 Å². The van der Waals surface area contributed by atoms with Gasteiger partial charge in [0, 0.05) is 5.92 Å². The van der Waals surface area contributed by atoms with E-state index in [0.29, 0.717) is 5.82 Å². The van der Waals surface area contributed by atoms with Gasteiger partial charge in [-0.05, 0) is 18.6 Å². The SMILES string of the molecule is Cc1ccccc1-n1nc(C(=O)O)nc1C(C)C. The molecule has 0 amide bonds. The number of aryl methyl sites for hydroxylation is 1. The lowest BCUT2D eigenvalue weighted by Gasteiger charge is -2.10. The van der Waals surface area contributed by atoms with E-state index in [1.165, 1.54) is 0 Å². The molecule has 0 fully saturated rings. The molecule has 0 atom stereocenters. The van der Waals surface area contributed by atoms with Crippen molar-refractivity contribution in [3.8, 4) is 5.69 Å². The van der Waals surface area contributed by atoms with Crippen LogP contribution in [-0.4, -0.2) is 25.8 Å². The number of benzene rings is 1. The van der Waals surface area contributed by atoms with Crippen LogP contribution in [0.4, 0.5) is 0 Å². The number of hydrogen-bond donors (Lipinski definition) is 1. The monoisotopic (exact) mass is 245 g/mol. The molecule has 0 spiro atoms. The van der Waals surface area contributed by atoms with Gasteiger partial charge in [-0.15, -0.1) is 5.10 Å². The zero-order chi connectivity index (χ0) is 13.3. The van der Waals surface area contributed by atoms with Crippen LogP contribution in [0.1, 0.15) is 41.8 Å². The lowest BCUT2D eigenvalue weighted by atomic mass is 10.1. The first-order valence-corrected chi connectivity index (χ1v) is 5.77. The standard InChI is InChI=1S/C13H15N3O2/c1-8(2)12-14-11(13(17)18)15-16(12)10-7-5-4-6-9(10)3/h4-8H,1-3H3,(H,17,18). The highest BCUT2D eigenvalue weighted by Crippen LogP contribution is 2.19. The molecular formula is C13H15N3O2. The predicted molar refractivity (Wildman–Crippen MR) is 67.1 cm³/mol. The number of rotatable bonds is 3. The molecule has 0 bridgehead atoms. The van der Waals surface area contributed by atoms with E-state index in [4.69, 9.17) is 5.11 Å². The van der Waals surface area contributed by atoms with E-state index in [9.17, 15) is 4.79 Å². The zero-order valence-corrected chi connectivity index (χ0v) is 10.6. The molecule has 0 aliphatic rings. The van der Waals surface area contributed by atoms with Crippen LogP contribution in [0.25, 0.3) is 5.69 Å². The summed E-state index contributed by atoms with van der Waals surface area (Å²) in [6.45, 7) is 5.89. The number of aromatic nitrogens is 3. The van der Waals surface area contributed by atoms with Crippen molar-refractivity contribution in [1.82, 2.24) is 14.8 Å². The summed E-state index contributed by atoms with van der Waals surface area (Å²) >= 11 is 0. The molecule has 2 rings (SSSR count). The Balaban J connectivity index is 2.63. The van der Waals surface area contributed by atoms with Gasteiger partial charge in [-0.2, -0.15) is 0 Å². The van der Waals surface area contributed by atoms with Crippen LogP contribution in [0.2, 0.25) is 0 Å². The van der Waals surface area contributed by atoms with Crippen LogP contribution in [-0.2, 0) is 0 Å². The van der Waals surface area contributed by atoms with E-state index in [-0.39, 0.29) is 11.7 Å². The Morgan fingerprint density at radius 3 is 2.56 bits per heavy atom. The third-order valence-corrected chi connectivity index (χ3v) is 2.68. The van der Waals surface area contributed by atoms with Crippen molar-refractivity contribution >= 4 is 5.97 Å². The van der Waals surface area contributed by atoms with Gasteiger partial charge in [-0.25, -0.2) is 14.5 Å². The second-order valence-corrected chi connectivity index (χ2v) is 4.45. The average Bonchev–Trinajstić information content (AvgIpc) is 2.74. The number of carboxylic acid groups (broad SMARTS) is 1. The number of hydrogen-bond acceptors (Lipinski definition) is 3. The minimum absolute atomic E-state index is 0.102.